The number of carbonyl (C=O) groups excluding carboxylic acids is 3. The normalized spacial score (nSPS) is 42.2. The van der Waals surface area contributed by atoms with E-state index in [1.807, 2.05) is 13.0 Å². The van der Waals surface area contributed by atoms with Gasteiger partial charge < -0.3 is 29.5 Å². The number of allylic oxidation sites excluding steroid dienone is 4. The molecule has 0 radical (unpaired) electrons. The van der Waals surface area contributed by atoms with Crippen molar-refractivity contribution in [3.8, 4) is 0 Å². The number of ketones is 2. The fourth-order valence-electron chi connectivity index (χ4n) is 8.72. The number of fused-ring (bicyclic) bond motifs is 7. The molecule has 2 N–H and O–H groups in total. The third-order valence-electron chi connectivity index (χ3n) is 10.6. The second kappa shape index (κ2) is 10.4. The zero-order chi connectivity index (χ0) is 28.2. The van der Waals surface area contributed by atoms with Crippen molar-refractivity contribution in [2.45, 2.75) is 83.4 Å². The molecule has 5 aliphatic rings. The lowest BCUT2D eigenvalue weighted by atomic mass is 9.46. The summed E-state index contributed by atoms with van der Waals surface area (Å²) in [5.41, 5.74) is -1.28. The summed E-state index contributed by atoms with van der Waals surface area (Å²) in [7, 11) is 3.45. The standard InChI is InChI=1S/C30H44N2O7/c1-6-7-25-38-24-15-21-20-9-8-18-14-19(33)10-11-28(18,2)26(20)22(34)16-29(21,3)30(24,39-25)23(35)17-37-27(36)32(5)13-12-31-4/h10-11,14,20-22,24-26,31,34H,6-9,12-13,15-17H2,1-5H3/t20-,21-,22-,24-,25?,26+,28-,29-,30+/m0/s1. The van der Waals surface area contributed by atoms with E-state index in [2.05, 4.69) is 19.2 Å². The van der Waals surface area contributed by atoms with Crippen LogP contribution in [0.15, 0.2) is 23.8 Å². The Kier molecular flexibility index (Phi) is 7.59. The molecule has 9 atom stereocenters. The van der Waals surface area contributed by atoms with Crippen molar-refractivity contribution in [1.29, 1.82) is 0 Å². The van der Waals surface area contributed by atoms with Crippen LogP contribution in [0.2, 0.25) is 0 Å². The molecule has 4 aliphatic carbocycles. The average molecular weight is 545 g/mol. The minimum absolute atomic E-state index is 0.00549. The number of nitrogens with one attached hydrogen (secondary N) is 1. The van der Waals surface area contributed by atoms with Gasteiger partial charge in [-0.15, -0.1) is 0 Å². The fourth-order valence-corrected chi connectivity index (χ4v) is 8.72. The number of hydrogen-bond acceptors (Lipinski definition) is 8. The largest absolute Gasteiger partial charge is 0.441 e. The van der Waals surface area contributed by atoms with E-state index < -0.39 is 47.6 Å². The van der Waals surface area contributed by atoms with Gasteiger partial charge in [0.05, 0.1) is 12.2 Å². The van der Waals surface area contributed by atoms with Crippen LogP contribution in [0.25, 0.3) is 0 Å². The Hall–Kier alpha value is -2.07. The highest BCUT2D eigenvalue weighted by molar-refractivity contribution is 6.01. The van der Waals surface area contributed by atoms with Crippen molar-refractivity contribution < 1.29 is 33.7 Å². The maximum Gasteiger partial charge on any atom is 0.409 e. The van der Waals surface area contributed by atoms with Crippen LogP contribution in [0.3, 0.4) is 0 Å². The number of likely N-dealkylation sites (N-methyl/N-ethyl adjacent to an activating group) is 2. The van der Waals surface area contributed by atoms with E-state index in [9.17, 15) is 19.5 Å². The predicted octanol–water partition coefficient (Wildman–Crippen LogP) is 3.01. The molecule has 39 heavy (non-hydrogen) atoms. The maximum absolute atomic E-state index is 14.1. The monoisotopic (exact) mass is 544 g/mol. The van der Waals surface area contributed by atoms with Gasteiger partial charge >= 0.3 is 6.09 Å². The summed E-state index contributed by atoms with van der Waals surface area (Å²) in [6.45, 7) is 6.93. The topological polar surface area (TPSA) is 114 Å². The summed E-state index contributed by atoms with van der Waals surface area (Å²) < 4.78 is 18.5. The van der Waals surface area contributed by atoms with E-state index >= 15 is 0 Å². The Morgan fingerprint density at radius 1 is 1.31 bits per heavy atom. The number of aliphatic hydroxyl groups excluding tert-OH is 1. The van der Waals surface area contributed by atoms with E-state index in [-0.39, 0.29) is 29.3 Å². The van der Waals surface area contributed by atoms with Crippen LogP contribution in [0.4, 0.5) is 4.79 Å². The van der Waals surface area contributed by atoms with Crippen LogP contribution in [-0.2, 0) is 23.8 Å². The van der Waals surface area contributed by atoms with Gasteiger partial charge in [0.2, 0.25) is 5.78 Å². The van der Waals surface area contributed by atoms with E-state index in [0.29, 0.717) is 32.4 Å². The number of amides is 1. The summed E-state index contributed by atoms with van der Waals surface area (Å²) in [6, 6.07) is 0. The van der Waals surface area contributed by atoms with Gasteiger partial charge in [0.25, 0.3) is 0 Å². The number of Topliss-reactive ketones (excluding diaryl/α,β-unsaturated/α-hetero) is 1. The molecule has 1 heterocycles. The van der Waals surface area contributed by atoms with E-state index in [0.717, 1.165) is 24.8 Å². The first-order chi connectivity index (χ1) is 18.5. The number of ether oxygens (including phenoxy) is 3. The minimum atomic E-state index is -1.29. The third kappa shape index (κ3) is 4.31. The Morgan fingerprint density at radius 3 is 2.79 bits per heavy atom. The molecule has 1 unspecified atom stereocenters. The Bertz CT molecular complexity index is 1070. The van der Waals surface area contributed by atoms with Crippen LogP contribution in [0, 0.1) is 28.6 Å². The van der Waals surface area contributed by atoms with Crippen molar-refractivity contribution in [3.63, 3.8) is 0 Å². The molecule has 9 nitrogen and oxygen atoms in total. The molecule has 9 heteroatoms. The Morgan fingerprint density at radius 2 is 2.08 bits per heavy atom. The van der Waals surface area contributed by atoms with Crippen LogP contribution >= 0.6 is 0 Å². The maximum atomic E-state index is 14.1. The molecule has 1 amide bonds. The molecule has 0 bridgehead atoms. The predicted molar refractivity (Wildman–Crippen MR) is 144 cm³/mol. The van der Waals surface area contributed by atoms with Gasteiger partial charge in [-0.25, -0.2) is 4.79 Å². The lowest BCUT2D eigenvalue weighted by molar-refractivity contribution is -0.200. The lowest BCUT2D eigenvalue weighted by Gasteiger charge is -2.59. The Labute approximate surface area is 231 Å². The minimum Gasteiger partial charge on any atom is -0.441 e. The van der Waals surface area contributed by atoms with Crippen LogP contribution < -0.4 is 5.32 Å². The molecule has 216 valence electrons. The molecular weight excluding hydrogens is 500 g/mol. The summed E-state index contributed by atoms with van der Waals surface area (Å²) in [5, 5.41) is 14.8. The molecule has 0 aromatic carbocycles. The van der Waals surface area contributed by atoms with Gasteiger partial charge in [-0.1, -0.05) is 38.8 Å². The van der Waals surface area contributed by atoms with E-state index in [1.54, 1.807) is 26.2 Å². The van der Waals surface area contributed by atoms with Gasteiger partial charge in [-0.3, -0.25) is 9.59 Å². The Balaban J connectivity index is 1.44. The molecule has 0 spiro atoms. The SMILES string of the molecule is CCCC1O[C@H]2C[C@H]3[C@@H]4CCC5=CC(=O)C=C[C@]5(C)[C@H]4[C@@H](O)C[C@]3(C)[C@]2(C(=O)COC(=O)N(C)CCNC)O1. The molecule has 1 aliphatic heterocycles. The van der Waals surface area contributed by atoms with Gasteiger partial charge in [-0.05, 0) is 63.1 Å². The first-order valence-electron chi connectivity index (χ1n) is 14.5. The van der Waals surface area contributed by atoms with E-state index in [4.69, 9.17) is 14.2 Å². The van der Waals surface area contributed by atoms with Crippen molar-refractivity contribution in [2.75, 3.05) is 33.8 Å². The van der Waals surface area contributed by atoms with Crippen molar-refractivity contribution in [3.05, 3.63) is 23.8 Å². The third-order valence-corrected chi connectivity index (χ3v) is 10.6. The molecule has 5 rings (SSSR count). The average Bonchev–Trinajstić information content (AvgIpc) is 3.38. The second-order valence-corrected chi connectivity index (χ2v) is 12.6. The number of aliphatic hydroxyl groups is 1. The summed E-state index contributed by atoms with van der Waals surface area (Å²) in [6.07, 6.45) is 7.32. The summed E-state index contributed by atoms with van der Waals surface area (Å²) >= 11 is 0. The summed E-state index contributed by atoms with van der Waals surface area (Å²) in [4.78, 5) is 40.3. The van der Waals surface area contributed by atoms with Gasteiger partial charge in [-0.2, -0.15) is 0 Å². The molecule has 1 saturated heterocycles. The number of carbonyl (C=O) groups is 3. The molecular formula is C30H44N2O7. The zero-order valence-electron chi connectivity index (χ0n) is 23.9. The second-order valence-electron chi connectivity index (χ2n) is 12.6. The number of nitrogens with zero attached hydrogens (tertiary/aromatic N) is 1. The first kappa shape index (κ1) is 28.5. The van der Waals surface area contributed by atoms with E-state index in [1.165, 1.54) is 4.90 Å². The van der Waals surface area contributed by atoms with Crippen LogP contribution in [0.1, 0.15) is 59.3 Å². The molecule has 0 aromatic heterocycles. The first-order valence-corrected chi connectivity index (χ1v) is 14.5. The van der Waals surface area contributed by atoms with Crippen molar-refractivity contribution >= 4 is 17.7 Å². The number of rotatable bonds is 8. The zero-order valence-corrected chi connectivity index (χ0v) is 23.9. The van der Waals surface area contributed by atoms with Crippen molar-refractivity contribution in [1.82, 2.24) is 10.2 Å². The molecule has 0 aromatic rings. The van der Waals surface area contributed by atoms with Gasteiger partial charge in [0.1, 0.15) is 0 Å². The summed E-state index contributed by atoms with van der Waals surface area (Å²) in [5.74, 6) is -0.119. The van der Waals surface area contributed by atoms with Gasteiger partial charge in [0, 0.05) is 36.9 Å². The molecule has 3 saturated carbocycles. The fraction of sp³-hybridized carbons (Fsp3) is 0.767. The number of hydrogen-bond donors (Lipinski definition) is 2. The quantitative estimate of drug-likeness (QED) is 0.479. The lowest BCUT2D eigenvalue weighted by Crippen LogP contribution is -2.63. The highest BCUT2D eigenvalue weighted by Gasteiger charge is 2.75. The highest BCUT2D eigenvalue weighted by atomic mass is 16.7. The van der Waals surface area contributed by atoms with Crippen LogP contribution in [-0.4, -0.2) is 85.6 Å². The molecule has 4 fully saturated rings. The van der Waals surface area contributed by atoms with Crippen molar-refractivity contribution in [2.24, 2.45) is 28.6 Å². The highest BCUT2D eigenvalue weighted by Crippen LogP contribution is 2.69. The van der Waals surface area contributed by atoms with Gasteiger partial charge in [0.15, 0.2) is 24.3 Å². The smallest absolute Gasteiger partial charge is 0.409 e. The van der Waals surface area contributed by atoms with Crippen LogP contribution in [0.5, 0.6) is 0 Å².